The second-order valence-electron chi connectivity index (χ2n) is 10.5. The number of aromatic amines is 1. The lowest BCUT2D eigenvalue weighted by Crippen LogP contribution is -2.36. The summed E-state index contributed by atoms with van der Waals surface area (Å²) < 4.78 is 7.75. The SMILES string of the molecule is CCOc1ccc2[nH]c(=O)c(CN(Cc3cccnc3)[C@@H](c3nnnn3C3CCCCC3)C(C)C)cc2c1. The quantitative estimate of drug-likeness (QED) is 0.309. The summed E-state index contributed by atoms with van der Waals surface area (Å²) in [5.74, 6) is 1.87. The Bertz CT molecular complexity index is 1390. The predicted molar refractivity (Wildman–Crippen MR) is 147 cm³/mol. The van der Waals surface area contributed by atoms with E-state index in [0.717, 1.165) is 40.9 Å². The first-order valence-corrected chi connectivity index (χ1v) is 13.7. The average molecular weight is 516 g/mol. The van der Waals surface area contributed by atoms with E-state index in [2.05, 4.69) is 55.0 Å². The van der Waals surface area contributed by atoms with Crippen LogP contribution in [0.1, 0.15) is 81.9 Å². The molecule has 1 aliphatic carbocycles. The van der Waals surface area contributed by atoms with Gasteiger partial charge in [-0.05, 0) is 72.0 Å². The maximum absolute atomic E-state index is 13.3. The Hall–Kier alpha value is -3.59. The van der Waals surface area contributed by atoms with Crippen molar-refractivity contribution in [3.63, 3.8) is 0 Å². The summed E-state index contributed by atoms with van der Waals surface area (Å²) in [6.07, 6.45) is 9.52. The highest BCUT2D eigenvalue weighted by molar-refractivity contribution is 5.80. The molecule has 1 aromatic carbocycles. The monoisotopic (exact) mass is 515 g/mol. The van der Waals surface area contributed by atoms with Gasteiger partial charge in [-0.2, -0.15) is 0 Å². The zero-order valence-electron chi connectivity index (χ0n) is 22.5. The smallest absolute Gasteiger partial charge is 0.252 e. The molecule has 1 saturated carbocycles. The van der Waals surface area contributed by atoms with Crippen molar-refractivity contribution in [3.05, 3.63) is 76.1 Å². The third-order valence-electron chi connectivity index (χ3n) is 7.41. The number of nitrogens with one attached hydrogen (secondary N) is 1. The minimum absolute atomic E-state index is 0.0861. The lowest BCUT2D eigenvalue weighted by molar-refractivity contribution is 0.121. The van der Waals surface area contributed by atoms with Crippen molar-refractivity contribution < 1.29 is 4.74 Å². The number of benzene rings is 1. The van der Waals surface area contributed by atoms with Crippen LogP contribution in [-0.2, 0) is 13.1 Å². The summed E-state index contributed by atoms with van der Waals surface area (Å²) in [7, 11) is 0. The summed E-state index contributed by atoms with van der Waals surface area (Å²) in [6.45, 7) is 8.00. The Kier molecular flexibility index (Phi) is 8.12. The zero-order valence-corrected chi connectivity index (χ0v) is 22.5. The Labute approximate surface area is 223 Å². The van der Waals surface area contributed by atoms with Crippen molar-refractivity contribution in [1.82, 2.24) is 35.1 Å². The fourth-order valence-electron chi connectivity index (χ4n) is 5.67. The first-order valence-electron chi connectivity index (χ1n) is 13.7. The summed E-state index contributed by atoms with van der Waals surface area (Å²) in [6, 6.07) is 12.0. The fraction of sp³-hybridized carbons (Fsp3) is 0.483. The zero-order chi connectivity index (χ0) is 26.5. The summed E-state index contributed by atoms with van der Waals surface area (Å²) in [5, 5.41) is 14.1. The van der Waals surface area contributed by atoms with E-state index in [1.54, 1.807) is 6.20 Å². The molecular formula is C29H37N7O2. The van der Waals surface area contributed by atoms with Crippen molar-refractivity contribution in [2.24, 2.45) is 5.92 Å². The van der Waals surface area contributed by atoms with Gasteiger partial charge in [0.1, 0.15) is 5.75 Å². The molecule has 9 nitrogen and oxygen atoms in total. The van der Waals surface area contributed by atoms with Gasteiger partial charge >= 0.3 is 0 Å². The first kappa shape index (κ1) is 26.0. The number of pyridine rings is 2. The number of H-pyrrole nitrogens is 1. The van der Waals surface area contributed by atoms with E-state index < -0.39 is 0 Å². The van der Waals surface area contributed by atoms with Gasteiger partial charge < -0.3 is 9.72 Å². The van der Waals surface area contributed by atoms with Gasteiger partial charge in [0.15, 0.2) is 5.82 Å². The van der Waals surface area contributed by atoms with Crippen molar-refractivity contribution in [2.75, 3.05) is 6.61 Å². The van der Waals surface area contributed by atoms with Crippen LogP contribution in [0.2, 0.25) is 0 Å². The Morgan fingerprint density at radius 1 is 1.13 bits per heavy atom. The normalized spacial score (nSPS) is 15.4. The van der Waals surface area contributed by atoms with Gasteiger partial charge in [-0.1, -0.05) is 39.2 Å². The molecule has 0 bridgehead atoms. The maximum atomic E-state index is 13.3. The molecule has 0 unspecified atom stereocenters. The number of rotatable bonds is 10. The molecule has 3 aromatic heterocycles. The molecule has 1 atom stereocenters. The van der Waals surface area contributed by atoms with Crippen LogP contribution < -0.4 is 10.3 Å². The topological polar surface area (TPSA) is 102 Å². The predicted octanol–water partition coefficient (Wildman–Crippen LogP) is 5.21. The van der Waals surface area contributed by atoms with Crippen molar-refractivity contribution in [3.8, 4) is 5.75 Å². The molecule has 38 heavy (non-hydrogen) atoms. The number of tetrazole rings is 1. The van der Waals surface area contributed by atoms with Gasteiger partial charge in [0.05, 0.1) is 18.7 Å². The first-order chi connectivity index (χ1) is 18.5. The molecule has 4 aromatic rings. The molecule has 5 rings (SSSR count). The van der Waals surface area contributed by atoms with Crippen LogP contribution in [0, 0.1) is 5.92 Å². The van der Waals surface area contributed by atoms with Gasteiger partial charge in [-0.3, -0.25) is 14.7 Å². The molecule has 3 heterocycles. The number of ether oxygens (including phenoxy) is 1. The summed E-state index contributed by atoms with van der Waals surface area (Å²) >= 11 is 0. The van der Waals surface area contributed by atoms with E-state index in [9.17, 15) is 4.79 Å². The molecule has 0 amide bonds. The second-order valence-corrected chi connectivity index (χ2v) is 10.5. The van der Waals surface area contributed by atoms with Gasteiger partial charge in [-0.25, -0.2) is 4.68 Å². The summed E-state index contributed by atoms with van der Waals surface area (Å²) in [5.41, 5.74) is 2.47. The summed E-state index contributed by atoms with van der Waals surface area (Å²) in [4.78, 5) is 23.0. The van der Waals surface area contributed by atoms with Gasteiger partial charge in [0, 0.05) is 41.9 Å². The van der Waals surface area contributed by atoms with Crippen LogP contribution in [0.15, 0.2) is 53.6 Å². The molecule has 1 N–H and O–H groups in total. The highest BCUT2D eigenvalue weighted by atomic mass is 16.5. The van der Waals surface area contributed by atoms with Crippen LogP contribution in [-0.4, -0.2) is 41.7 Å². The molecule has 0 spiro atoms. The van der Waals surface area contributed by atoms with Crippen molar-refractivity contribution >= 4 is 10.9 Å². The molecule has 1 aliphatic rings. The Morgan fingerprint density at radius 2 is 1.97 bits per heavy atom. The van der Waals surface area contributed by atoms with Crippen molar-refractivity contribution in [1.29, 1.82) is 0 Å². The number of fused-ring (bicyclic) bond motifs is 1. The fourth-order valence-corrected chi connectivity index (χ4v) is 5.67. The molecule has 1 fully saturated rings. The number of aromatic nitrogens is 6. The van der Waals surface area contributed by atoms with Gasteiger partial charge in [0.25, 0.3) is 5.56 Å². The molecule has 9 heteroatoms. The highest BCUT2D eigenvalue weighted by Gasteiger charge is 2.32. The van der Waals surface area contributed by atoms with Crippen LogP contribution in [0.4, 0.5) is 0 Å². The van der Waals surface area contributed by atoms with Crippen LogP contribution in [0.3, 0.4) is 0 Å². The second kappa shape index (κ2) is 11.9. The van der Waals surface area contributed by atoms with Gasteiger partial charge in [0.2, 0.25) is 0 Å². The van der Waals surface area contributed by atoms with Crippen LogP contribution in [0.25, 0.3) is 10.9 Å². The molecule has 0 saturated heterocycles. The third-order valence-corrected chi connectivity index (χ3v) is 7.41. The standard InChI is InChI=1S/C29H37N7O2/c1-4-38-25-12-13-26-22(16-25)15-23(29(37)31-26)19-35(18-21-9-8-14-30-17-21)27(20(2)3)28-32-33-34-36(28)24-10-6-5-7-11-24/h8-9,12-17,20,24,27H,4-7,10-11,18-19H2,1-3H3,(H,31,37)/t27-/m1/s1. The van der Waals surface area contributed by atoms with Crippen LogP contribution in [0.5, 0.6) is 5.75 Å². The van der Waals surface area contributed by atoms with Crippen molar-refractivity contribution in [2.45, 2.75) is 78.0 Å². The minimum atomic E-state index is -0.0905. The highest BCUT2D eigenvalue weighted by Crippen LogP contribution is 2.34. The largest absolute Gasteiger partial charge is 0.494 e. The number of hydrogen-bond acceptors (Lipinski definition) is 7. The minimum Gasteiger partial charge on any atom is -0.494 e. The van der Waals surface area contributed by atoms with E-state index in [1.807, 2.05) is 43.5 Å². The van der Waals surface area contributed by atoms with E-state index in [-0.39, 0.29) is 17.5 Å². The third kappa shape index (κ3) is 5.78. The maximum Gasteiger partial charge on any atom is 0.252 e. The van der Waals surface area contributed by atoms with Crippen LogP contribution >= 0.6 is 0 Å². The van der Waals surface area contributed by atoms with E-state index in [4.69, 9.17) is 4.74 Å². The molecule has 0 radical (unpaired) electrons. The van der Waals surface area contributed by atoms with E-state index >= 15 is 0 Å². The van der Waals surface area contributed by atoms with E-state index in [1.165, 1.54) is 19.3 Å². The lowest BCUT2D eigenvalue weighted by Gasteiger charge is -2.34. The Balaban J connectivity index is 1.54. The Morgan fingerprint density at radius 3 is 2.71 bits per heavy atom. The number of hydrogen-bond donors (Lipinski definition) is 1. The molecule has 0 aliphatic heterocycles. The molecule has 200 valence electrons. The van der Waals surface area contributed by atoms with Gasteiger partial charge in [-0.15, -0.1) is 5.10 Å². The molecular weight excluding hydrogens is 478 g/mol. The number of nitrogens with zero attached hydrogens (tertiary/aromatic N) is 6. The average Bonchev–Trinajstić information content (AvgIpc) is 3.40. The lowest BCUT2D eigenvalue weighted by atomic mass is 9.94. The van der Waals surface area contributed by atoms with E-state index in [0.29, 0.717) is 31.3 Å².